The van der Waals surface area contributed by atoms with Gasteiger partial charge in [-0.05, 0) is 19.1 Å². The van der Waals surface area contributed by atoms with E-state index < -0.39 is 11.9 Å². The Morgan fingerprint density at radius 2 is 1.88 bits per heavy atom. The van der Waals surface area contributed by atoms with Gasteiger partial charge in [-0.25, -0.2) is 4.79 Å². The number of likely N-dealkylation sites (N-methyl/N-ethyl adjacent to an activating group) is 1. The second kappa shape index (κ2) is 5.69. The van der Waals surface area contributed by atoms with Gasteiger partial charge in [0.2, 0.25) is 11.7 Å². The summed E-state index contributed by atoms with van der Waals surface area (Å²) in [7, 11) is 0. The van der Waals surface area contributed by atoms with Crippen LogP contribution in [-0.2, 0) is 4.79 Å². The standard InChI is InChI=1S/C10H12N2O5/c1-2-11-8(13)5-12-9(14)6-3-4-7(17-6)10(15)16/h3-4H,2,5H2,1H3,(H,11,13)(H,12,14)(H,15,16). The van der Waals surface area contributed by atoms with E-state index in [0.717, 1.165) is 0 Å². The van der Waals surface area contributed by atoms with Crippen LogP contribution >= 0.6 is 0 Å². The summed E-state index contributed by atoms with van der Waals surface area (Å²) in [6.45, 7) is 2.04. The van der Waals surface area contributed by atoms with Gasteiger partial charge in [0, 0.05) is 6.54 Å². The van der Waals surface area contributed by atoms with Crippen molar-refractivity contribution >= 4 is 17.8 Å². The molecule has 92 valence electrons. The molecule has 0 unspecified atom stereocenters. The van der Waals surface area contributed by atoms with Gasteiger partial charge in [0.05, 0.1) is 6.54 Å². The number of hydrogen-bond donors (Lipinski definition) is 3. The highest BCUT2D eigenvalue weighted by Gasteiger charge is 2.15. The van der Waals surface area contributed by atoms with E-state index in [9.17, 15) is 14.4 Å². The predicted molar refractivity (Wildman–Crippen MR) is 56.7 cm³/mol. The lowest BCUT2D eigenvalue weighted by molar-refractivity contribution is -0.120. The number of rotatable bonds is 5. The zero-order valence-corrected chi connectivity index (χ0v) is 9.15. The highest BCUT2D eigenvalue weighted by atomic mass is 16.4. The van der Waals surface area contributed by atoms with Crippen LogP contribution in [0, 0.1) is 0 Å². The fourth-order valence-electron chi connectivity index (χ4n) is 1.08. The van der Waals surface area contributed by atoms with E-state index in [4.69, 9.17) is 9.52 Å². The Labute approximate surface area is 96.8 Å². The number of hydrogen-bond acceptors (Lipinski definition) is 4. The summed E-state index contributed by atoms with van der Waals surface area (Å²) in [5.41, 5.74) is 0. The number of carbonyl (C=O) groups excluding carboxylic acids is 2. The number of carboxylic acid groups (broad SMARTS) is 1. The summed E-state index contributed by atoms with van der Waals surface area (Å²) in [6, 6.07) is 2.40. The lowest BCUT2D eigenvalue weighted by Gasteiger charge is -2.02. The lowest BCUT2D eigenvalue weighted by atomic mass is 10.4. The van der Waals surface area contributed by atoms with Crippen LogP contribution in [0.15, 0.2) is 16.5 Å². The number of carbonyl (C=O) groups is 3. The van der Waals surface area contributed by atoms with E-state index in [0.29, 0.717) is 6.54 Å². The normalized spacial score (nSPS) is 9.71. The molecule has 0 bridgehead atoms. The van der Waals surface area contributed by atoms with Gasteiger partial charge < -0.3 is 20.2 Å². The highest BCUT2D eigenvalue weighted by Crippen LogP contribution is 2.07. The average Bonchev–Trinajstić information content (AvgIpc) is 2.75. The number of nitrogens with one attached hydrogen (secondary N) is 2. The molecule has 0 fully saturated rings. The number of aromatic carboxylic acids is 1. The van der Waals surface area contributed by atoms with Crippen molar-refractivity contribution in [3.05, 3.63) is 23.7 Å². The smallest absolute Gasteiger partial charge is 0.371 e. The zero-order chi connectivity index (χ0) is 12.8. The number of carboxylic acids is 1. The van der Waals surface area contributed by atoms with E-state index >= 15 is 0 Å². The van der Waals surface area contributed by atoms with Gasteiger partial charge >= 0.3 is 5.97 Å². The van der Waals surface area contributed by atoms with Crippen LogP contribution in [0.4, 0.5) is 0 Å². The van der Waals surface area contributed by atoms with E-state index in [-0.39, 0.29) is 24.0 Å². The third kappa shape index (κ3) is 3.63. The predicted octanol–water partition coefficient (Wildman–Crippen LogP) is -0.156. The number of furan rings is 1. The molecule has 2 amide bonds. The third-order valence-electron chi connectivity index (χ3n) is 1.82. The van der Waals surface area contributed by atoms with Crippen LogP contribution in [0.3, 0.4) is 0 Å². The van der Waals surface area contributed by atoms with Gasteiger partial charge in [0.1, 0.15) is 0 Å². The molecule has 0 saturated carbocycles. The molecule has 0 aliphatic heterocycles. The fourth-order valence-corrected chi connectivity index (χ4v) is 1.08. The highest BCUT2D eigenvalue weighted by molar-refractivity contribution is 5.95. The minimum atomic E-state index is -1.26. The molecule has 0 atom stereocenters. The molecule has 0 saturated heterocycles. The Kier molecular flexibility index (Phi) is 4.27. The minimum Gasteiger partial charge on any atom is -0.475 e. The Morgan fingerprint density at radius 1 is 1.24 bits per heavy atom. The van der Waals surface area contributed by atoms with Crippen molar-refractivity contribution in [3.8, 4) is 0 Å². The topological polar surface area (TPSA) is 109 Å². The van der Waals surface area contributed by atoms with Crippen LogP contribution in [0.25, 0.3) is 0 Å². The first kappa shape index (κ1) is 12.8. The third-order valence-corrected chi connectivity index (χ3v) is 1.82. The van der Waals surface area contributed by atoms with Gasteiger partial charge in [-0.2, -0.15) is 0 Å². The molecule has 1 aromatic rings. The Balaban J connectivity index is 2.52. The van der Waals surface area contributed by atoms with Crippen LogP contribution in [0.1, 0.15) is 28.0 Å². The molecule has 0 radical (unpaired) electrons. The summed E-state index contributed by atoms with van der Waals surface area (Å²) in [5.74, 6) is -2.69. The van der Waals surface area contributed by atoms with Gasteiger partial charge in [0.25, 0.3) is 5.91 Å². The summed E-state index contributed by atoms with van der Waals surface area (Å²) in [5, 5.41) is 13.4. The maximum Gasteiger partial charge on any atom is 0.371 e. The molecule has 0 aliphatic carbocycles. The molecular formula is C10H12N2O5. The van der Waals surface area contributed by atoms with Gasteiger partial charge in [-0.15, -0.1) is 0 Å². The van der Waals surface area contributed by atoms with Crippen molar-refractivity contribution in [1.29, 1.82) is 0 Å². The van der Waals surface area contributed by atoms with Crippen molar-refractivity contribution in [2.45, 2.75) is 6.92 Å². The van der Waals surface area contributed by atoms with Gasteiger partial charge in [-0.1, -0.05) is 0 Å². The summed E-state index contributed by atoms with van der Waals surface area (Å²) >= 11 is 0. The monoisotopic (exact) mass is 240 g/mol. The van der Waals surface area contributed by atoms with E-state index in [2.05, 4.69) is 10.6 Å². The molecule has 3 N–H and O–H groups in total. The molecule has 1 heterocycles. The van der Waals surface area contributed by atoms with E-state index in [1.54, 1.807) is 6.92 Å². The molecule has 17 heavy (non-hydrogen) atoms. The van der Waals surface area contributed by atoms with Gasteiger partial charge in [-0.3, -0.25) is 9.59 Å². The zero-order valence-electron chi connectivity index (χ0n) is 9.15. The first-order chi connectivity index (χ1) is 8.04. The Hall–Kier alpha value is -2.31. The van der Waals surface area contributed by atoms with Crippen molar-refractivity contribution in [1.82, 2.24) is 10.6 Å². The molecule has 1 rings (SSSR count). The summed E-state index contributed by atoms with van der Waals surface area (Å²) in [4.78, 5) is 33.0. The van der Waals surface area contributed by atoms with Crippen LogP contribution in [-0.4, -0.2) is 36.0 Å². The second-order valence-electron chi connectivity index (χ2n) is 3.11. The largest absolute Gasteiger partial charge is 0.475 e. The first-order valence-electron chi connectivity index (χ1n) is 4.92. The van der Waals surface area contributed by atoms with Crippen LogP contribution in [0.5, 0.6) is 0 Å². The lowest BCUT2D eigenvalue weighted by Crippen LogP contribution is -2.36. The van der Waals surface area contributed by atoms with E-state index in [1.165, 1.54) is 12.1 Å². The maximum absolute atomic E-state index is 11.4. The maximum atomic E-state index is 11.4. The summed E-state index contributed by atoms with van der Waals surface area (Å²) < 4.78 is 4.76. The van der Waals surface area contributed by atoms with Crippen molar-refractivity contribution in [2.75, 3.05) is 13.1 Å². The Morgan fingerprint density at radius 3 is 2.41 bits per heavy atom. The summed E-state index contributed by atoms with van der Waals surface area (Å²) in [6.07, 6.45) is 0. The average molecular weight is 240 g/mol. The molecule has 1 aromatic heterocycles. The fraction of sp³-hybridized carbons (Fsp3) is 0.300. The first-order valence-corrected chi connectivity index (χ1v) is 4.92. The van der Waals surface area contributed by atoms with Crippen LogP contribution < -0.4 is 10.6 Å². The molecular weight excluding hydrogens is 228 g/mol. The molecule has 0 aliphatic rings. The molecule has 0 spiro atoms. The van der Waals surface area contributed by atoms with Crippen LogP contribution in [0.2, 0.25) is 0 Å². The molecule has 7 nitrogen and oxygen atoms in total. The second-order valence-corrected chi connectivity index (χ2v) is 3.11. The van der Waals surface area contributed by atoms with Crippen molar-refractivity contribution in [3.63, 3.8) is 0 Å². The quantitative estimate of drug-likeness (QED) is 0.662. The van der Waals surface area contributed by atoms with Gasteiger partial charge in [0.15, 0.2) is 5.76 Å². The SMILES string of the molecule is CCNC(=O)CNC(=O)c1ccc(C(=O)O)o1. The van der Waals surface area contributed by atoms with Crippen molar-refractivity contribution in [2.24, 2.45) is 0 Å². The van der Waals surface area contributed by atoms with E-state index in [1.807, 2.05) is 0 Å². The molecule has 0 aromatic carbocycles. The molecule has 7 heteroatoms. The number of amides is 2. The van der Waals surface area contributed by atoms with Crippen molar-refractivity contribution < 1.29 is 23.9 Å². The minimum absolute atomic E-state index is 0.147. The Bertz CT molecular complexity index is 438.